The van der Waals surface area contributed by atoms with Gasteiger partial charge in [0.05, 0.1) is 4.47 Å². The van der Waals surface area contributed by atoms with Gasteiger partial charge in [-0.15, -0.1) is 0 Å². The Morgan fingerprint density at radius 2 is 2.11 bits per heavy atom. The molecule has 0 amide bonds. The SMILES string of the molecule is NNC(CCC1CCCC1)Cc1cccc(F)c1Br. The van der Waals surface area contributed by atoms with E-state index in [1.165, 1.54) is 38.2 Å². The summed E-state index contributed by atoms with van der Waals surface area (Å²) in [5.74, 6) is 6.30. The fourth-order valence-corrected chi connectivity index (χ4v) is 3.38. The molecule has 1 unspecified atom stereocenters. The Morgan fingerprint density at radius 1 is 1.37 bits per heavy atom. The van der Waals surface area contributed by atoms with Gasteiger partial charge in [0, 0.05) is 6.04 Å². The fourth-order valence-electron chi connectivity index (χ4n) is 2.95. The summed E-state index contributed by atoms with van der Waals surface area (Å²) < 4.78 is 14.0. The number of hydrogen-bond donors (Lipinski definition) is 2. The van der Waals surface area contributed by atoms with Crippen LogP contribution in [0.15, 0.2) is 22.7 Å². The first-order valence-corrected chi connectivity index (χ1v) is 7.89. The first-order chi connectivity index (χ1) is 9.20. The molecule has 1 aliphatic carbocycles. The molecule has 1 fully saturated rings. The Balaban J connectivity index is 1.88. The monoisotopic (exact) mass is 328 g/mol. The summed E-state index contributed by atoms with van der Waals surface area (Å²) in [4.78, 5) is 0. The number of hydrogen-bond acceptors (Lipinski definition) is 2. The van der Waals surface area contributed by atoms with Crippen LogP contribution in [0.25, 0.3) is 0 Å². The third-order valence-corrected chi connectivity index (χ3v) is 5.02. The molecule has 1 aromatic rings. The normalized spacial score (nSPS) is 17.8. The second-order valence-electron chi connectivity index (χ2n) is 5.51. The second-order valence-corrected chi connectivity index (χ2v) is 6.30. The molecule has 0 spiro atoms. The number of halogens is 2. The van der Waals surface area contributed by atoms with Crippen LogP contribution in [0.2, 0.25) is 0 Å². The fraction of sp³-hybridized carbons (Fsp3) is 0.600. The van der Waals surface area contributed by atoms with E-state index >= 15 is 0 Å². The molecule has 19 heavy (non-hydrogen) atoms. The second kappa shape index (κ2) is 7.36. The molecular formula is C15H22BrFN2. The Morgan fingerprint density at radius 3 is 2.79 bits per heavy atom. The molecule has 0 aliphatic heterocycles. The molecule has 2 rings (SSSR count). The van der Waals surface area contributed by atoms with E-state index in [-0.39, 0.29) is 11.9 Å². The first kappa shape index (κ1) is 14.9. The Kier molecular flexibility index (Phi) is 5.79. The van der Waals surface area contributed by atoms with Crippen molar-refractivity contribution in [2.24, 2.45) is 11.8 Å². The predicted octanol–water partition coefficient (Wildman–Crippen LogP) is 3.93. The average Bonchev–Trinajstić information content (AvgIpc) is 2.92. The largest absolute Gasteiger partial charge is 0.271 e. The first-order valence-electron chi connectivity index (χ1n) is 7.09. The van der Waals surface area contributed by atoms with E-state index in [0.29, 0.717) is 4.47 Å². The van der Waals surface area contributed by atoms with E-state index in [2.05, 4.69) is 21.4 Å². The molecule has 3 N–H and O–H groups in total. The molecule has 0 heterocycles. The zero-order valence-electron chi connectivity index (χ0n) is 11.2. The number of nitrogens with two attached hydrogens (primary N) is 1. The standard InChI is InChI=1S/C15H22BrFN2/c16-15-12(6-3-7-14(15)17)10-13(19-18)9-8-11-4-1-2-5-11/h3,6-7,11,13,19H,1-2,4-5,8-10,18H2. The van der Waals surface area contributed by atoms with E-state index in [4.69, 9.17) is 5.84 Å². The molecule has 1 aromatic carbocycles. The minimum Gasteiger partial charge on any atom is -0.271 e. The van der Waals surface area contributed by atoms with Crippen LogP contribution in [0.1, 0.15) is 44.1 Å². The molecule has 4 heteroatoms. The molecule has 0 aromatic heterocycles. The van der Waals surface area contributed by atoms with E-state index in [9.17, 15) is 4.39 Å². The van der Waals surface area contributed by atoms with Crippen molar-refractivity contribution in [2.75, 3.05) is 0 Å². The average molecular weight is 329 g/mol. The van der Waals surface area contributed by atoms with Gasteiger partial charge in [-0.2, -0.15) is 0 Å². The number of hydrazine groups is 1. The summed E-state index contributed by atoms with van der Waals surface area (Å²) in [7, 11) is 0. The quantitative estimate of drug-likeness (QED) is 0.613. The van der Waals surface area contributed by atoms with Gasteiger partial charge in [0.1, 0.15) is 5.82 Å². The molecule has 2 nitrogen and oxygen atoms in total. The van der Waals surface area contributed by atoms with Gasteiger partial charge in [0.25, 0.3) is 0 Å². The highest BCUT2D eigenvalue weighted by molar-refractivity contribution is 9.10. The predicted molar refractivity (Wildman–Crippen MR) is 80.1 cm³/mol. The molecule has 106 valence electrons. The van der Waals surface area contributed by atoms with Crippen molar-refractivity contribution in [1.82, 2.24) is 5.43 Å². The smallest absolute Gasteiger partial charge is 0.137 e. The highest BCUT2D eigenvalue weighted by Crippen LogP contribution is 2.29. The lowest BCUT2D eigenvalue weighted by Gasteiger charge is -2.19. The van der Waals surface area contributed by atoms with E-state index < -0.39 is 0 Å². The summed E-state index contributed by atoms with van der Waals surface area (Å²) in [5, 5.41) is 0. The minimum absolute atomic E-state index is 0.205. The van der Waals surface area contributed by atoms with Crippen molar-refractivity contribution in [3.8, 4) is 0 Å². The summed E-state index contributed by atoms with van der Waals surface area (Å²) in [5.41, 5.74) is 3.86. The molecule has 1 aliphatic rings. The summed E-state index contributed by atoms with van der Waals surface area (Å²) in [6.07, 6.45) is 8.52. The number of rotatable bonds is 6. The van der Waals surface area contributed by atoms with Gasteiger partial charge >= 0.3 is 0 Å². The third-order valence-electron chi connectivity index (χ3n) is 4.13. The van der Waals surface area contributed by atoms with Gasteiger partial charge in [-0.05, 0) is 52.7 Å². The van der Waals surface area contributed by atoms with Crippen molar-refractivity contribution in [1.29, 1.82) is 0 Å². The van der Waals surface area contributed by atoms with Gasteiger partial charge in [0.15, 0.2) is 0 Å². The van der Waals surface area contributed by atoms with Crippen LogP contribution in [0.4, 0.5) is 4.39 Å². The van der Waals surface area contributed by atoms with Crippen LogP contribution in [0.3, 0.4) is 0 Å². The Bertz CT molecular complexity index is 405. The maximum Gasteiger partial charge on any atom is 0.137 e. The topological polar surface area (TPSA) is 38.0 Å². The van der Waals surface area contributed by atoms with E-state index in [0.717, 1.165) is 24.3 Å². The van der Waals surface area contributed by atoms with E-state index in [1.807, 2.05) is 6.07 Å². The van der Waals surface area contributed by atoms with Crippen LogP contribution in [-0.4, -0.2) is 6.04 Å². The Hall–Kier alpha value is -0.450. The maximum absolute atomic E-state index is 13.5. The van der Waals surface area contributed by atoms with Crippen LogP contribution >= 0.6 is 15.9 Å². The molecule has 0 bridgehead atoms. The summed E-state index contributed by atoms with van der Waals surface area (Å²) in [6, 6.07) is 5.39. The molecule has 1 saturated carbocycles. The van der Waals surface area contributed by atoms with E-state index in [1.54, 1.807) is 6.07 Å². The third kappa shape index (κ3) is 4.26. The van der Waals surface area contributed by atoms with Crippen LogP contribution in [-0.2, 0) is 6.42 Å². The molecule has 1 atom stereocenters. The zero-order valence-corrected chi connectivity index (χ0v) is 12.8. The lowest BCUT2D eigenvalue weighted by molar-refractivity contribution is 0.406. The van der Waals surface area contributed by atoms with Crippen molar-refractivity contribution in [3.63, 3.8) is 0 Å². The van der Waals surface area contributed by atoms with Crippen molar-refractivity contribution in [2.45, 2.75) is 51.0 Å². The highest BCUT2D eigenvalue weighted by Gasteiger charge is 2.18. The number of nitrogens with one attached hydrogen (secondary N) is 1. The van der Waals surface area contributed by atoms with Crippen LogP contribution < -0.4 is 11.3 Å². The van der Waals surface area contributed by atoms with Gasteiger partial charge < -0.3 is 0 Å². The molecule has 0 radical (unpaired) electrons. The lowest BCUT2D eigenvalue weighted by atomic mass is 9.95. The van der Waals surface area contributed by atoms with Gasteiger partial charge in [-0.25, -0.2) is 4.39 Å². The van der Waals surface area contributed by atoms with Crippen molar-refractivity contribution in [3.05, 3.63) is 34.1 Å². The summed E-state index contributed by atoms with van der Waals surface area (Å²) in [6.45, 7) is 0. The van der Waals surface area contributed by atoms with Crippen molar-refractivity contribution < 1.29 is 4.39 Å². The van der Waals surface area contributed by atoms with Crippen molar-refractivity contribution >= 4 is 15.9 Å². The lowest BCUT2D eigenvalue weighted by Crippen LogP contribution is -2.37. The number of benzene rings is 1. The highest BCUT2D eigenvalue weighted by atomic mass is 79.9. The van der Waals surface area contributed by atoms with Crippen LogP contribution in [0.5, 0.6) is 0 Å². The van der Waals surface area contributed by atoms with Crippen LogP contribution in [0, 0.1) is 11.7 Å². The molecule has 0 saturated heterocycles. The van der Waals surface area contributed by atoms with Gasteiger partial charge in [-0.3, -0.25) is 11.3 Å². The van der Waals surface area contributed by atoms with Gasteiger partial charge in [0.2, 0.25) is 0 Å². The molecular weight excluding hydrogens is 307 g/mol. The minimum atomic E-state index is -0.205. The maximum atomic E-state index is 13.5. The summed E-state index contributed by atoms with van der Waals surface area (Å²) >= 11 is 3.31. The van der Waals surface area contributed by atoms with Gasteiger partial charge in [-0.1, -0.05) is 37.8 Å². The Labute approximate surface area is 123 Å². The zero-order chi connectivity index (χ0) is 13.7.